The molecule has 0 aromatic heterocycles. The maximum Gasteiger partial charge on any atom is 0.408 e. The number of hydrogen-bond donors (Lipinski definition) is 2. The summed E-state index contributed by atoms with van der Waals surface area (Å²) in [6.07, 6.45) is -0.102. The Morgan fingerprint density at radius 2 is 1.62 bits per heavy atom. The number of alkyl carbamates (subject to hydrolysis) is 1. The third-order valence-corrected chi connectivity index (χ3v) is 4.37. The molecule has 1 atom stereocenters. The Bertz CT molecular complexity index is 682. The van der Waals surface area contributed by atoms with Crippen molar-refractivity contribution in [2.24, 2.45) is 11.7 Å². The molecule has 0 fully saturated rings. The van der Waals surface area contributed by atoms with Gasteiger partial charge in [-0.25, -0.2) is 4.79 Å². The number of nitrogens with two attached hydrogens (primary N) is 1. The van der Waals surface area contributed by atoms with E-state index in [1.807, 2.05) is 24.3 Å². The minimum absolute atomic E-state index is 0.0736. The van der Waals surface area contributed by atoms with Crippen LogP contribution < -0.4 is 11.1 Å². The minimum Gasteiger partial charge on any atom is -0.449 e. The maximum absolute atomic E-state index is 12.0. The van der Waals surface area contributed by atoms with E-state index in [4.69, 9.17) is 10.5 Å². The van der Waals surface area contributed by atoms with Crippen LogP contribution in [0.1, 0.15) is 37.3 Å². The fourth-order valence-electron chi connectivity index (χ4n) is 3.36. The van der Waals surface area contributed by atoms with Gasteiger partial charge in [0.1, 0.15) is 6.61 Å². The van der Waals surface area contributed by atoms with Crippen molar-refractivity contribution in [1.82, 2.24) is 5.32 Å². The fraction of sp³-hybridized carbons (Fsp3) is 0.350. The average molecular weight is 324 g/mol. The lowest BCUT2D eigenvalue weighted by atomic mass is 9.98. The summed E-state index contributed by atoms with van der Waals surface area (Å²) in [4.78, 5) is 12.0. The van der Waals surface area contributed by atoms with Crippen molar-refractivity contribution in [3.63, 3.8) is 0 Å². The molecule has 0 aliphatic heterocycles. The van der Waals surface area contributed by atoms with E-state index < -0.39 is 6.09 Å². The van der Waals surface area contributed by atoms with Gasteiger partial charge in [0.2, 0.25) is 0 Å². The van der Waals surface area contributed by atoms with Gasteiger partial charge in [0.15, 0.2) is 0 Å². The van der Waals surface area contributed by atoms with Crippen molar-refractivity contribution in [1.29, 1.82) is 0 Å². The van der Waals surface area contributed by atoms with Crippen LogP contribution in [-0.2, 0) is 4.74 Å². The Labute approximate surface area is 143 Å². The summed E-state index contributed by atoms with van der Waals surface area (Å²) >= 11 is 0. The second kappa shape index (κ2) is 7.05. The van der Waals surface area contributed by atoms with Gasteiger partial charge in [0.25, 0.3) is 0 Å². The largest absolute Gasteiger partial charge is 0.449 e. The maximum atomic E-state index is 12.0. The number of carbonyl (C=O) groups excluding carboxylic acids is 1. The Kier molecular flexibility index (Phi) is 4.86. The van der Waals surface area contributed by atoms with Gasteiger partial charge in [-0.1, -0.05) is 62.4 Å². The van der Waals surface area contributed by atoms with Crippen LogP contribution in [0.25, 0.3) is 11.1 Å². The van der Waals surface area contributed by atoms with Crippen LogP contribution in [0, 0.1) is 5.92 Å². The van der Waals surface area contributed by atoms with Crippen molar-refractivity contribution >= 4 is 6.09 Å². The van der Waals surface area contributed by atoms with Crippen LogP contribution in [0.4, 0.5) is 4.79 Å². The standard InChI is InChI=1S/C20H24N2O2/c1-13(2)11-19(21)22-20(23)24-12-18-16-9-5-3-7-14(16)15-8-4-6-10-17(15)18/h3-10,13,18-19H,11-12,21H2,1-2H3,(H,22,23). The molecule has 1 amide bonds. The van der Waals surface area contributed by atoms with Gasteiger partial charge in [-0.15, -0.1) is 0 Å². The molecule has 0 spiro atoms. The SMILES string of the molecule is CC(C)CC(N)NC(=O)OCC1c2ccccc2-c2ccccc21. The van der Waals surface area contributed by atoms with E-state index in [0.29, 0.717) is 12.5 Å². The molecular formula is C20H24N2O2. The summed E-state index contributed by atoms with van der Waals surface area (Å²) < 4.78 is 5.46. The lowest BCUT2D eigenvalue weighted by Crippen LogP contribution is -2.42. The molecule has 1 aliphatic rings. The molecule has 3 rings (SSSR count). The van der Waals surface area contributed by atoms with Gasteiger partial charge in [0.05, 0.1) is 6.17 Å². The van der Waals surface area contributed by atoms with E-state index in [1.54, 1.807) is 0 Å². The van der Waals surface area contributed by atoms with E-state index in [9.17, 15) is 4.79 Å². The number of nitrogens with one attached hydrogen (secondary N) is 1. The van der Waals surface area contributed by atoms with Crippen LogP contribution in [0.3, 0.4) is 0 Å². The highest BCUT2D eigenvalue weighted by atomic mass is 16.5. The predicted molar refractivity (Wildman–Crippen MR) is 95.6 cm³/mol. The number of benzene rings is 2. The Morgan fingerprint density at radius 1 is 1.08 bits per heavy atom. The first-order valence-electron chi connectivity index (χ1n) is 8.43. The van der Waals surface area contributed by atoms with Crippen LogP contribution in [0.15, 0.2) is 48.5 Å². The van der Waals surface area contributed by atoms with Gasteiger partial charge in [-0.3, -0.25) is 0 Å². The molecule has 0 saturated carbocycles. The highest BCUT2D eigenvalue weighted by Crippen LogP contribution is 2.44. The van der Waals surface area contributed by atoms with Gasteiger partial charge in [-0.2, -0.15) is 0 Å². The second-order valence-electron chi connectivity index (χ2n) is 6.71. The van der Waals surface area contributed by atoms with E-state index in [-0.39, 0.29) is 12.1 Å². The summed E-state index contributed by atoms with van der Waals surface area (Å²) in [6.45, 7) is 4.45. The summed E-state index contributed by atoms with van der Waals surface area (Å²) in [7, 11) is 0. The van der Waals surface area contributed by atoms with E-state index >= 15 is 0 Å². The molecule has 3 N–H and O–H groups in total. The van der Waals surface area contributed by atoms with Crippen molar-refractivity contribution in [3.05, 3.63) is 59.7 Å². The number of fused-ring (bicyclic) bond motifs is 3. The zero-order valence-corrected chi connectivity index (χ0v) is 14.2. The van der Waals surface area contributed by atoms with Gasteiger partial charge < -0.3 is 15.8 Å². The summed E-state index contributed by atoms with van der Waals surface area (Å²) in [5.41, 5.74) is 10.8. The molecule has 1 unspecified atom stereocenters. The Hall–Kier alpha value is -2.33. The zero-order valence-electron chi connectivity index (χ0n) is 14.2. The Balaban J connectivity index is 1.68. The van der Waals surface area contributed by atoms with Crippen LogP contribution in [0.5, 0.6) is 0 Å². The molecule has 4 nitrogen and oxygen atoms in total. The lowest BCUT2D eigenvalue weighted by Gasteiger charge is -2.18. The highest BCUT2D eigenvalue weighted by molar-refractivity contribution is 5.79. The molecular weight excluding hydrogens is 300 g/mol. The highest BCUT2D eigenvalue weighted by Gasteiger charge is 2.29. The first-order valence-corrected chi connectivity index (χ1v) is 8.43. The summed E-state index contributed by atoms with van der Waals surface area (Å²) in [5, 5.41) is 2.70. The number of carbonyl (C=O) groups is 1. The average Bonchev–Trinajstić information content (AvgIpc) is 2.86. The minimum atomic E-state index is -0.454. The number of amides is 1. The van der Waals surface area contributed by atoms with Crippen molar-refractivity contribution < 1.29 is 9.53 Å². The lowest BCUT2D eigenvalue weighted by molar-refractivity contribution is 0.138. The quantitative estimate of drug-likeness (QED) is 0.821. The molecule has 2 aromatic carbocycles. The summed E-state index contributed by atoms with van der Waals surface area (Å²) in [5.74, 6) is 0.498. The predicted octanol–water partition coefficient (Wildman–Crippen LogP) is 3.86. The van der Waals surface area contributed by atoms with Crippen molar-refractivity contribution in [2.45, 2.75) is 32.4 Å². The first-order chi connectivity index (χ1) is 11.6. The van der Waals surface area contributed by atoms with Crippen molar-refractivity contribution in [2.75, 3.05) is 6.61 Å². The van der Waals surface area contributed by atoms with Gasteiger partial charge >= 0.3 is 6.09 Å². The molecule has 0 saturated heterocycles. The third kappa shape index (κ3) is 3.44. The molecule has 1 aliphatic carbocycles. The topological polar surface area (TPSA) is 64.3 Å². The normalized spacial score (nSPS) is 14.2. The van der Waals surface area contributed by atoms with Crippen LogP contribution >= 0.6 is 0 Å². The fourth-order valence-corrected chi connectivity index (χ4v) is 3.36. The number of rotatable bonds is 5. The van der Waals surface area contributed by atoms with E-state index in [1.165, 1.54) is 22.3 Å². The molecule has 0 heterocycles. The molecule has 126 valence electrons. The van der Waals surface area contributed by atoms with Gasteiger partial charge in [0, 0.05) is 5.92 Å². The number of ether oxygens (including phenoxy) is 1. The van der Waals surface area contributed by atoms with E-state index in [2.05, 4.69) is 43.4 Å². The third-order valence-electron chi connectivity index (χ3n) is 4.37. The summed E-state index contributed by atoms with van der Waals surface area (Å²) in [6, 6.07) is 16.6. The molecule has 0 bridgehead atoms. The number of hydrogen-bond acceptors (Lipinski definition) is 3. The smallest absolute Gasteiger partial charge is 0.408 e. The van der Waals surface area contributed by atoms with Crippen LogP contribution in [0.2, 0.25) is 0 Å². The first kappa shape index (κ1) is 16.5. The molecule has 2 aromatic rings. The van der Waals surface area contributed by atoms with Gasteiger partial charge in [-0.05, 0) is 34.6 Å². The van der Waals surface area contributed by atoms with Crippen molar-refractivity contribution in [3.8, 4) is 11.1 Å². The molecule has 4 heteroatoms. The van der Waals surface area contributed by atoms with Crippen LogP contribution in [-0.4, -0.2) is 18.9 Å². The molecule has 0 radical (unpaired) electrons. The molecule has 24 heavy (non-hydrogen) atoms. The zero-order chi connectivity index (χ0) is 17.1. The van der Waals surface area contributed by atoms with E-state index in [0.717, 1.165) is 6.42 Å². The monoisotopic (exact) mass is 324 g/mol. The Morgan fingerprint density at radius 3 is 2.17 bits per heavy atom. The second-order valence-corrected chi connectivity index (χ2v) is 6.71.